The van der Waals surface area contributed by atoms with Crippen LogP contribution in [0.1, 0.15) is 18.4 Å². The second-order valence-corrected chi connectivity index (χ2v) is 3.77. The molecule has 0 radical (unpaired) electrons. The Balaban J connectivity index is 2.27. The van der Waals surface area contributed by atoms with Gasteiger partial charge >= 0.3 is 0 Å². The fourth-order valence-corrected chi connectivity index (χ4v) is 1.40. The van der Waals surface area contributed by atoms with E-state index in [0.717, 1.165) is 5.56 Å². The summed E-state index contributed by atoms with van der Waals surface area (Å²) in [5.41, 5.74) is 5.72. The van der Waals surface area contributed by atoms with Gasteiger partial charge in [0.25, 0.3) is 0 Å². The Labute approximate surface area is 99.6 Å². The van der Waals surface area contributed by atoms with Gasteiger partial charge in [0.2, 0.25) is 11.8 Å². The molecule has 1 aromatic rings. The van der Waals surface area contributed by atoms with Crippen molar-refractivity contribution in [1.29, 1.82) is 0 Å². The van der Waals surface area contributed by atoms with Crippen LogP contribution in [0.25, 0.3) is 0 Å². The van der Waals surface area contributed by atoms with E-state index in [1.54, 1.807) is 24.3 Å². The van der Waals surface area contributed by atoms with Crippen molar-refractivity contribution in [2.24, 2.45) is 5.73 Å². The number of nitrogens with one attached hydrogen (secondary N) is 1. The summed E-state index contributed by atoms with van der Waals surface area (Å²) in [5.74, 6) is -0.365. The van der Waals surface area contributed by atoms with Crippen LogP contribution in [0.3, 0.4) is 0 Å². The number of phenolic OH excluding ortho intramolecular Hbond substituents is 1. The number of amides is 2. The minimum atomic E-state index is -0.368. The Hall–Kier alpha value is -2.04. The van der Waals surface area contributed by atoms with Crippen LogP contribution in [-0.2, 0) is 16.0 Å². The van der Waals surface area contributed by atoms with E-state index in [0.29, 0.717) is 13.0 Å². The molecule has 2 amide bonds. The minimum absolute atomic E-state index is 0.139. The molecule has 92 valence electrons. The Morgan fingerprint density at radius 3 is 2.76 bits per heavy atom. The van der Waals surface area contributed by atoms with Gasteiger partial charge in [0.1, 0.15) is 5.75 Å². The van der Waals surface area contributed by atoms with Crippen molar-refractivity contribution in [1.82, 2.24) is 5.32 Å². The summed E-state index contributed by atoms with van der Waals surface area (Å²) < 4.78 is 0. The van der Waals surface area contributed by atoms with Crippen LogP contribution < -0.4 is 11.1 Å². The van der Waals surface area contributed by atoms with Crippen LogP contribution in [0.15, 0.2) is 24.3 Å². The molecule has 17 heavy (non-hydrogen) atoms. The lowest BCUT2D eigenvalue weighted by Crippen LogP contribution is -2.27. The van der Waals surface area contributed by atoms with Gasteiger partial charge in [-0.1, -0.05) is 12.1 Å². The fourth-order valence-electron chi connectivity index (χ4n) is 1.40. The normalized spacial score (nSPS) is 9.88. The number of carbonyl (C=O) groups is 2. The second-order valence-electron chi connectivity index (χ2n) is 3.77. The van der Waals surface area contributed by atoms with E-state index in [9.17, 15) is 14.7 Å². The number of hydrogen-bond donors (Lipinski definition) is 3. The first-order valence-electron chi connectivity index (χ1n) is 5.41. The third-order valence-corrected chi connectivity index (χ3v) is 2.20. The van der Waals surface area contributed by atoms with E-state index in [1.807, 2.05) is 0 Å². The summed E-state index contributed by atoms with van der Waals surface area (Å²) in [5, 5.41) is 11.9. The number of primary amides is 1. The molecule has 0 aliphatic carbocycles. The van der Waals surface area contributed by atoms with E-state index < -0.39 is 0 Å². The molecule has 0 aromatic heterocycles. The van der Waals surface area contributed by atoms with E-state index >= 15 is 0 Å². The van der Waals surface area contributed by atoms with Crippen molar-refractivity contribution in [3.8, 4) is 5.75 Å². The van der Waals surface area contributed by atoms with Crippen molar-refractivity contribution in [2.75, 3.05) is 6.54 Å². The fraction of sp³-hybridized carbons (Fsp3) is 0.333. The highest BCUT2D eigenvalue weighted by Gasteiger charge is 2.03. The molecule has 4 N–H and O–H groups in total. The molecule has 5 heteroatoms. The predicted molar refractivity (Wildman–Crippen MR) is 63.2 cm³/mol. The molecule has 0 aliphatic rings. The van der Waals surface area contributed by atoms with Gasteiger partial charge in [-0.05, 0) is 24.1 Å². The van der Waals surface area contributed by atoms with Crippen molar-refractivity contribution < 1.29 is 14.7 Å². The minimum Gasteiger partial charge on any atom is -0.508 e. The molecule has 0 spiro atoms. The molecule has 0 heterocycles. The van der Waals surface area contributed by atoms with E-state index in [1.165, 1.54) is 0 Å². The molecule has 0 aliphatic heterocycles. The van der Waals surface area contributed by atoms with Gasteiger partial charge in [-0.3, -0.25) is 9.59 Å². The Bertz CT molecular complexity index is 404. The first-order valence-corrected chi connectivity index (χ1v) is 5.41. The van der Waals surface area contributed by atoms with Crippen molar-refractivity contribution in [3.63, 3.8) is 0 Å². The summed E-state index contributed by atoms with van der Waals surface area (Å²) >= 11 is 0. The van der Waals surface area contributed by atoms with E-state index in [2.05, 4.69) is 5.32 Å². The predicted octanol–water partition coefficient (Wildman–Crippen LogP) is 0.316. The lowest BCUT2D eigenvalue weighted by molar-refractivity contribution is -0.121. The number of aromatic hydroxyl groups is 1. The lowest BCUT2D eigenvalue weighted by Gasteiger charge is -2.04. The molecule has 0 saturated heterocycles. The number of carbonyl (C=O) groups excluding carboxylic acids is 2. The van der Waals surface area contributed by atoms with Gasteiger partial charge in [-0.15, -0.1) is 0 Å². The molecular formula is C12H16N2O3. The lowest BCUT2D eigenvalue weighted by atomic mass is 10.1. The number of benzene rings is 1. The smallest absolute Gasteiger partial charge is 0.224 e. The standard InChI is InChI=1S/C12H16N2O3/c13-11(16)5-2-6-14-12(17)8-9-3-1-4-10(15)7-9/h1,3-4,7,15H,2,5-6,8H2,(H2,13,16)(H,14,17). The Kier molecular flexibility index (Phi) is 5.00. The summed E-state index contributed by atoms with van der Waals surface area (Å²) in [6.45, 7) is 0.431. The zero-order valence-corrected chi connectivity index (χ0v) is 9.48. The number of hydrogen-bond acceptors (Lipinski definition) is 3. The average molecular weight is 236 g/mol. The van der Waals surface area contributed by atoms with Crippen LogP contribution in [0.4, 0.5) is 0 Å². The summed E-state index contributed by atoms with van der Waals surface area (Å²) in [4.78, 5) is 21.9. The maximum atomic E-state index is 11.5. The van der Waals surface area contributed by atoms with Crippen LogP contribution in [0, 0.1) is 0 Å². The Morgan fingerprint density at radius 2 is 2.12 bits per heavy atom. The highest BCUT2D eigenvalue weighted by molar-refractivity contribution is 5.78. The molecule has 5 nitrogen and oxygen atoms in total. The summed E-state index contributed by atoms with van der Waals surface area (Å²) in [6.07, 6.45) is 1.03. The molecule has 0 saturated carbocycles. The first kappa shape index (κ1) is 13.0. The highest BCUT2D eigenvalue weighted by Crippen LogP contribution is 2.11. The molecule has 1 rings (SSSR count). The largest absolute Gasteiger partial charge is 0.508 e. The number of rotatable bonds is 6. The van der Waals surface area contributed by atoms with Gasteiger partial charge in [0, 0.05) is 13.0 Å². The summed E-state index contributed by atoms with van der Waals surface area (Å²) in [6, 6.07) is 6.55. The van der Waals surface area contributed by atoms with Gasteiger partial charge in [0.15, 0.2) is 0 Å². The SMILES string of the molecule is NC(=O)CCCNC(=O)Cc1cccc(O)c1. The van der Waals surface area contributed by atoms with Crippen LogP contribution in [0.2, 0.25) is 0 Å². The zero-order valence-electron chi connectivity index (χ0n) is 9.48. The molecule has 1 aromatic carbocycles. The molecule has 0 atom stereocenters. The molecular weight excluding hydrogens is 220 g/mol. The van der Waals surface area contributed by atoms with Crippen LogP contribution >= 0.6 is 0 Å². The van der Waals surface area contributed by atoms with E-state index in [-0.39, 0.29) is 30.4 Å². The van der Waals surface area contributed by atoms with Gasteiger partial charge in [0.05, 0.1) is 6.42 Å². The monoisotopic (exact) mass is 236 g/mol. The van der Waals surface area contributed by atoms with Gasteiger partial charge < -0.3 is 16.2 Å². The van der Waals surface area contributed by atoms with Gasteiger partial charge in [-0.2, -0.15) is 0 Å². The summed E-state index contributed by atoms with van der Waals surface area (Å²) in [7, 11) is 0. The zero-order chi connectivity index (χ0) is 12.7. The maximum Gasteiger partial charge on any atom is 0.224 e. The van der Waals surface area contributed by atoms with Crippen LogP contribution in [0.5, 0.6) is 5.75 Å². The molecule has 0 unspecified atom stereocenters. The van der Waals surface area contributed by atoms with Crippen molar-refractivity contribution in [3.05, 3.63) is 29.8 Å². The van der Waals surface area contributed by atoms with Crippen molar-refractivity contribution >= 4 is 11.8 Å². The topological polar surface area (TPSA) is 92.4 Å². The number of nitrogens with two attached hydrogens (primary N) is 1. The highest BCUT2D eigenvalue weighted by atomic mass is 16.3. The van der Waals surface area contributed by atoms with Gasteiger partial charge in [-0.25, -0.2) is 0 Å². The maximum absolute atomic E-state index is 11.5. The second kappa shape index (κ2) is 6.52. The third kappa shape index (κ3) is 5.55. The van der Waals surface area contributed by atoms with Crippen molar-refractivity contribution in [2.45, 2.75) is 19.3 Å². The average Bonchev–Trinajstić information content (AvgIpc) is 2.24. The van der Waals surface area contributed by atoms with E-state index in [4.69, 9.17) is 5.73 Å². The Morgan fingerprint density at radius 1 is 1.35 bits per heavy atom. The van der Waals surface area contributed by atoms with Crippen LogP contribution in [-0.4, -0.2) is 23.5 Å². The molecule has 0 fully saturated rings. The molecule has 0 bridgehead atoms. The third-order valence-electron chi connectivity index (χ3n) is 2.20. The number of phenols is 1. The first-order chi connectivity index (χ1) is 8.08. The quantitative estimate of drug-likeness (QED) is 0.621.